The van der Waals surface area contributed by atoms with Crippen LogP contribution in [0.2, 0.25) is 0 Å². The van der Waals surface area contributed by atoms with E-state index in [9.17, 15) is 18.4 Å². The number of aromatic nitrogens is 2. The van der Waals surface area contributed by atoms with Crippen LogP contribution in [0.25, 0.3) is 0 Å². The molecule has 7 nitrogen and oxygen atoms in total. The highest BCUT2D eigenvalue weighted by atomic mass is 32.1. The van der Waals surface area contributed by atoms with E-state index in [1.807, 2.05) is 32.0 Å². The lowest BCUT2D eigenvalue weighted by Gasteiger charge is -2.23. The Balaban J connectivity index is 1.45. The lowest BCUT2D eigenvalue weighted by Crippen LogP contribution is -2.34. The number of hydrogen-bond acceptors (Lipinski definition) is 5. The summed E-state index contributed by atoms with van der Waals surface area (Å²) in [5.41, 5.74) is 2.94. The first kappa shape index (κ1) is 21.8. The zero-order chi connectivity index (χ0) is 22.8. The number of urea groups is 1. The van der Waals surface area contributed by atoms with E-state index in [2.05, 4.69) is 20.8 Å². The number of carbonyl (C=O) groups excluding carboxylic acids is 2. The zero-order valence-electron chi connectivity index (χ0n) is 17.5. The van der Waals surface area contributed by atoms with Gasteiger partial charge in [-0.3, -0.25) is 4.79 Å². The van der Waals surface area contributed by atoms with E-state index in [1.165, 1.54) is 6.07 Å². The van der Waals surface area contributed by atoms with Crippen LogP contribution < -0.4 is 10.6 Å². The average molecular weight is 458 g/mol. The first-order valence-electron chi connectivity index (χ1n) is 10.1. The zero-order valence-corrected chi connectivity index (χ0v) is 18.3. The van der Waals surface area contributed by atoms with Crippen molar-refractivity contribution < 1.29 is 18.4 Å². The third-order valence-corrected chi connectivity index (χ3v) is 6.26. The number of nitrogens with zero attached hydrogens (tertiary/aromatic N) is 3. The molecule has 2 N–H and O–H groups in total. The molecule has 1 atom stereocenters. The van der Waals surface area contributed by atoms with Gasteiger partial charge in [0, 0.05) is 24.0 Å². The van der Waals surface area contributed by atoms with Crippen molar-refractivity contribution in [2.75, 3.05) is 17.2 Å². The maximum atomic E-state index is 13.4. The Kier molecular flexibility index (Phi) is 6.13. The van der Waals surface area contributed by atoms with E-state index in [-0.39, 0.29) is 22.8 Å². The summed E-state index contributed by atoms with van der Waals surface area (Å²) in [5.74, 6) is -2.64. The first-order chi connectivity index (χ1) is 15.3. The topological polar surface area (TPSA) is 87.2 Å². The van der Waals surface area contributed by atoms with Crippen molar-refractivity contribution >= 4 is 34.6 Å². The van der Waals surface area contributed by atoms with Gasteiger partial charge < -0.3 is 15.5 Å². The van der Waals surface area contributed by atoms with Crippen LogP contribution >= 0.6 is 11.3 Å². The second kappa shape index (κ2) is 8.99. The van der Waals surface area contributed by atoms with Crippen molar-refractivity contribution in [1.82, 2.24) is 15.1 Å². The Morgan fingerprint density at radius 1 is 1.06 bits per heavy atom. The fourth-order valence-corrected chi connectivity index (χ4v) is 4.51. The lowest BCUT2D eigenvalue weighted by molar-refractivity contribution is 0.102. The standard InChI is InChI=1S/C22H21F2N5O2S/c1-12-5-8-17(13(2)10-12)26-22(31)29-9-3-4-18(29)20-27-28-21(32-20)19(30)25-14-6-7-15(23)16(24)11-14/h5-8,10-11,18H,3-4,9H2,1-2H3,(H,25,30)(H,26,31)/t18-/m0/s1. The normalized spacial score (nSPS) is 15.6. The predicted octanol–water partition coefficient (Wildman–Crippen LogP) is 5.05. The van der Waals surface area contributed by atoms with E-state index in [4.69, 9.17) is 0 Å². The number of halogens is 2. The monoisotopic (exact) mass is 457 g/mol. The van der Waals surface area contributed by atoms with Crippen LogP contribution in [-0.2, 0) is 0 Å². The number of anilines is 2. The van der Waals surface area contributed by atoms with E-state index in [0.717, 1.165) is 46.7 Å². The Hall–Kier alpha value is -3.40. The number of likely N-dealkylation sites (tertiary alicyclic amines) is 1. The Morgan fingerprint density at radius 2 is 1.88 bits per heavy atom. The number of aryl methyl sites for hydroxylation is 2. The largest absolute Gasteiger partial charge is 0.322 e. The van der Waals surface area contributed by atoms with Crippen LogP contribution in [0.5, 0.6) is 0 Å². The summed E-state index contributed by atoms with van der Waals surface area (Å²) in [6, 6.07) is 8.37. The van der Waals surface area contributed by atoms with E-state index >= 15 is 0 Å². The number of rotatable bonds is 4. The fourth-order valence-electron chi connectivity index (χ4n) is 3.63. The van der Waals surface area contributed by atoms with Crippen molar-refractivity contribution in [3.63, 3.8) is 0 Å². The number of amides is 3. The Morgan fingerprint density at radius 3 is 2.62 bits per heavy atom. The molecule has 1 saturated heterocycles. The molecular formula is C22H21F2N5O2S. The molecule has 0 spiro atoms. The molecule has 1 aliphatic heterocycles. The molecule has 4 rings (SSSR count). The van der Waals surface area contributed by atoms with Gasteiger partial charge in [-0.2, -0.15) is 0 Å². The summed E-state index contributed by atoms with van der Waals surface area (Å²) < 4.78 is 26.4. The number of carbonyl (C=O) groups is 2. The first-order valence-corrected chi connectivity index (χ1v) is 10.9. The van der Waals surface area contributed by atoms with Crippen molar-refractivity contribution in [3.05, 3.63) is 69.2 Å². The summed E-state index contributed by atoms with van der Waals surface area (Å²) in [5, 5.41) is 14.1. The molecule has 1 aliphatic rings. The van der Waals surface area contributed by atoms with Crippen molar-refractivity contribution in [2.45, 2.75) is 32.7 Å². The fraction of sp³-hybridized carbons (Fsp3) is 0.273. The van der Waals surface area contributed by atoms with E-state index in [1.54, 1.807) is 4.90 Å². The average Bonchev–Trinajstić information content (AvgIpc) is 3.42. The van der Waals surface area contributed by atoms with Gasteiger partial charge in [-0.15, -0.1) is 10.2 Å². The predicted molar refractivity (Wildman–Crippen MR) is 118 cm³/mol. The highest BCUT2D eigenvalue weighted by molar-refractivity contribution is 7.13. The number of hydrogen-bond donors (Lipinski definition) is 2. The molecule has 0 bridgehead atoms. The van der Waals surface area contributed by atoms with Crippen molar-refractivity contribution in [1.29, 1.82) is 0 Å². The minimum Gasteiger partial charge on any atom is -0.320 e. The lowest BCUT2D eigenvalue weighted by atomic mass is 10.1. The SMILES string of the molecule is Cc1ccc(NC(=O)N2CCC[C@H]2c2nnc(C(=O)Nc3ccc(F)c(F)c3)s2)c(C)c1. The maximum Gasteiger partial charge on any atom is 0.322 e. The molecule has 166 valence electrons. The molecule has 0 saturated carbocycles. The van der Waals surface area contributed by atoms with Crippen LogP contribution in [0.4, 0.5) is 25.0 Å². The molecule has 10 heteroatoms. The van der Waals surface area contributed by atoms with Crippen LogP contribution in [0.1, 0.15) is 44.8 Å². The molecule has 2 aromatic carbocycles. The molecular weight excluding hydrogens is 436 g/mol. The second-order valence-electron chi connectivity index (χ2n) is 7.63. The number of benzene rings is 2. The smallest absolute Gasteiger partial charge is 0.320 e. The summed E-state index contributed by atoms with van der Waals surface area (Å²) >= 11 is 1.07. The molecule has 2 heterocycles. The van der Waals surface area contributed by atoms with Crippen molar-refractivity contribution in [2.24, 2.45) is 0 Å². The third kappa shape index (κ3) is 4.59. The van der Waals surface area contributed by atoms with Crippen LogP contribution in [0, 0.1) is 25.5 Å². The number of nitrogens with one attached hydrogen (secondary N) is 2. The Labute approximate surface area is 187 Å². The minimum absolute atomic E-state index is 0.0753. The van der Waals surface area contributed by atoms with E-state index < -0.39 is 17.5 Å². The highest BCUT2D eigenvalue weighted by Crippen LogP contribution is 2.34. The Bertz CT molecular complexity index is 1180. The maximum absolute atomic E-state index is 13.4. The molecule has 0 radical (unpaired) electrons. The molecule has 32 heavy (non-hydrogen) atoms. The van der Waals surface area contributed by atoms with Gasteiger partial charge in [-0.1, -0.05) is 29.0 Å². The third-order valence-electron chi connectivity index (χ3n) is 5.23. The van der Waals surface area contributed by atoms with Crippen LogP contribution in [-0.4, -0.2) is 33.6 Å². The molecule has 1 aromatic heterocycles. The summed E-state index contributed by atoms with van der Waals surface area (Å²) in [6.45, 7) is 4.49. The van der Waals surface area contributed by atoms with Crippen LogP contribution in [0.15, 0.2) is 36.4 Å². The van der Waals surface area contributed by atoms with Gasteiger partial charge in [0.15, 0.2) is 11.6 Å². The van der Waals surface area contributed by atoms with Gasteiger partial charge >= 0.3 is 6.03 Å². The van der Waals surface area contributed by atoms with Gasteiger partial charge in [-0.25, -0.2) is 13.6 Å². The highest BCUT2D eigenvalue weighted by Gasteiger charge is 2.33. The van der Waals surface area contributed by atoms with E-state index in [0.29, 0.717) is 18.0 Å². The quantitative estimate of drug-likeness (QED) is 0.574. The summed E-state index contributed by atoms with van der Waals surface area (Å²) in [7, 11) is 0. The van der Waals surface area contributed by atoms with Gasteiger partial charge in [-0.05, 0) is 50.5 Å². The van der Waals surface area contributed by atoms with Crippen LogP contribution in [0.3, 0.4) is 0 Å². The van der Waals surface area contributed by atoms with Gasteiger partial charge in [0.2, 0.25) is 5.01 Å². The van der Waals surface area contributed by atoms with Gasteiger partial charge in [0.25, 0.3) is 5.91 Å². The summed E-state index contributed by atoms with van der Waals surface area (Å²) in [6.07, 6.45) is 1.51. The van der Waals surface area contributed by atoms with Crippen molar-refractivity contribution in [3.8, 4) is 0 Å². The second-order valence-corrected chi connectivity index (χ2v) is 8.64. The molecule has 0 unspecified atom stereocenters. The molecule has 1 fully saturated rings. The van der Waals surface area contributed by atoms with Gasteiger partial charge in [0.05, 0.1) is 6.04 Å². The molecule has 0 aliphatic carbocycles. The molecule has 3 amide bonds. The molecule has 3 aromatic rings. The summed E-state index contributed by atoms with van der Waals surface area (Å²) in [4.78, 5) is 27.0. The minimum atomic E-state index is -1.06. The van der Waals surface area contributed by atoms with Gasteiger partial charge in [0.1, 0.15) is 5.01 Å².